The Morgan fingerprint density at radius 1 is 1.65 bits per heavy atom. The quantitative estimate of drug-likeness (QED) is 0.727. The summed E-state index contributed by atoms with van der Waals surface area (Å²) in [7, 11) is 1.84. The number of aromatic nitrogens is 2. The fourth-order valence-electron chi connectivity index (χ4n) is 2.19. The second kappa shape index (κ2) is 4.57. The van der Waals surface area contributed by atoms with Gasteiger partial charge in [0.25, 0.3) is 0 Å². The molecule has 2 rings (SSSR count). The number of nitrogens with zero attached hydrogens (tertiary/aromatic N) is 3. The maximum absolute atomic E-state index is 12.0. The van der Waals surface area contributed by atoms with Crippen LogP contribution in [0.2, 0.25) is 0 Å². The predicted molar refractivity (Wildman–Crippen MR) is 60.8 cm³/mol. The van der Waals surface area contributed by atoms with Gasteiger partial charge in [-0.25, -0.2) is 0 Å². The van der Waals surface area contributed by atoms with Gasteiger partial charge in [0.15, 0.2) is 0 Å². The van der Waals surface area contributed by atoms with Gasteiger partial charge in [-0.2, -0.15) is 5.10 Å². The third-order valence-corrected chi connectivity index (χ3v) is 3.07. The molecule has 0 aliphatic carbocycles. The lowest BCUT2D eigenvalue weighted by molar-refractivity contribution is -0.132. The molecule has 0 aromatic carbocycles. The summed E-state index contributed by atoms with van der Waals surface area (Å²) in [6, 6.07) is -0.237. The Hall–Kier alpha value is -1.85. The van der Waals surface area contributed by atoms with Gasteiger partial charge < -0.3 is 10.2 Å². The molecule has 6 nitrogen and oxygen atoms in total. The highest BCUT2D eigenvalue weighted by Crippen LogP contribution is 2.21. The summed E-state index contributed by atoms with van der Waals surface area (Å²) in [6.45, 7) is 2.53. The van der Waals surface area contributed by atoms with Crippen LogP contribution in [0.15, 0.2) is 12.4 Å². The molecule has 1 fully saturated rings. The van der Waals surface area contributed by atoms with Gasteiger partial charge in [-0.3, -0.25) is 14.3 Å². The van der Waals surface area contributed by atoms with E-state index in [4.69, 9.17) is 0 Å². The zero-order valence-corrected chi connectivity index (χ0v) is 9.96. The number of likely N-dealkylation sites (tertiary alicyclic amines) is 1. The zero-order valence-electron chi connectivity index (χ0n) is 9.96. The number of nitrogens with one attached hydrogen (secondary N) is 1. The zero-order chi connectivity index (χ0) is 12.4. The number of carbonyl (C=O) groups excluding carboxylic acids is 2. The fourth-order valence-corrected chi connectivity index (χ4v) is 2.19. The van der Waals surface area contributed by atoms with E-state index in [0.717, 1.165) is 5.56 Å². The van der Waals surface area contributed by atoms with E-state index in [9.17, 15) is 9.59 Å². The first-order valence-electron chi connectivity index (χ1n) is 5.59. The highest BCUT2D eigenvalue weighted by Gasteiger charge is 2.36. The van der Waals surface area contributed by atoms with Gasteiger partial charge in [-0.05, 0) is 13.3 Å². The summed E-state index contributed by atoms with van der Waals surface area (Å²) < 4.78 is 1.71. The van der Waals surface area contributed by atoms with Crippen LogP contribution in [0.25, 0.3) is 0 Å². The summed E-state index contributed by atoms with van der Waals surface area (Å²) in [4.78, 5) is 24.2. The van der Waals surface area contributed by atoms with E-state index in [2.05, 4.69) is 10.4 Å². The minimum Gasteiger partial charge on any atom is -0.347 e. The Bertz CT molecular complexity index is 429. The first kappa shape index (κ1) is 11.6. The molecular formula is C11H16N4O2. The van der Waals surface area contributed by atoms with Crippen molar-refractivity contribution >= 4 is 12.3 Å². The van der Waals surface area contributed by atoms with Crippen molar-refractivity contribution in [3.8, 4) is 0 Å². The molecule has 2 atom stereocenters. The van der Waals surface area contributed by atoms with Gasteiger partial charge in [-0.1, -0.05) is 0 Å². The smallest absolute Gasteiger partial charge is 0.245 e. The maximum atomic E-state index is 12.0. The molecule has 2 amide bonds. The van der Waals surface area contributed by atoms with Crippen molar-refractivity contribution < 1.29 is 9.59 Å². The van der Waals surface area contributed by atoms with Gasteiger partial charge in [0.2, 0.25) is 12.3 Å². The lowest BCUT2D eigenvalue weighted by atomic mass is 10.2. The van der Waals surface area contributed by atoms with E-state index in [-0.39, 0.29) is 18.0 Å². The molecule has 0 radical (unpaired) electrons. The van der Waals surface area contributed by atoms with Crippen LogP contribution in [0, 0.1) is 0 Å². The van der Waals surface area contributed by atoms with Crippen molar-refractivity contribution in [2.24, 2.45) is 7.05 Å². The monoisotopic (exact) mass is 236 g/mol. The molecule has 2 unspecified atom stereocenters. The molecule has 2 heterocycles. The molecule has 1 N–H and O–H groups in total. The van der Waals surface area contributed by atoms with Gasteiger partial charge in [0, 0.05) is 31.4 Å². The normalized spacial score (nSPS) is 24.1. The second-order valence-corrected chi connectivity index (χ2v) is 4.41. The molecule has 92 valence electrons. The van der Waals surface area contributed by atoms with Crippen molar-refractivity contribution in [3.05, 3.63) is 18.0 Å². The van der Waals surface area contributed by atoms with Gasteiger partial charge in [0.1, 0.15) is 6.04 Å². The first-order valence-corrected chi connectivity index (χ1v) is 5.59. The largest absolute Gasteiger partial charge is 0.347 e. The number of hydrogen-bond acceptors (Lipinski definition) is 3. The number of aryl methyl sites for hydroxylation is 1. The van der Waals surface area contributed by atoms with Crippen LogP contribution < -0.4 is 5.32 Å². The van der Waals surface area contributed by atoms with Crippen molar-refractivity contribution in [3.63, 3.8) is 0 Å². The molecule has 17 heavy (non-hydrogen) atoms. The average molecular weight is 236 g/mol. The van der Waals surface area contributed by atoms with E-state index < -0.39 is 0 Å². The Labute approximate surface area is 99.6 Å². The summed E-state index contributed by atoms with van der Waals surface area (Å²) in [5, 5.41) is 6.62. The highest BCUT2D eigenvalue weighted by molar-refractivity contribution is 5.86. The minimum absolute atomic E-state index is 0.0200. The average Bonchev–Trinajstić information content (AvgIpc) is 2.79. The van der Waals surface area contributed by atoms with Crippen LogP contribution >= 0.6 is 0 Å². The number of rotatable bonds is 4. The van der Waals surface area contributed by atoms with Crippen LogP contribution in [0.5, 0.6) is 0 Å². The number of amides is 2. The lowest BCUT2D eigenvalue weighted by Crippen LogP contribution is -2.38. The third-order valence-electron chi connectivity index (χ3n) is 3.07. The number of carbonyl (C=O) groups is 2. The predicted octanol–water partition coefficient (Wildman–Crippen LogP) is -0.345. The maximum Gasteiger partial charge on any atom is 0.245 e. The molecule has 1 aliphatic rings. The van der Waals surface area contributed by atoms with Crippen molar-refractivity contribution in [2.45, 2.75) is 32.0 Å². The molecule has 1 aromatic heterocycles. The van der Waals surface area contributed by atoms with Crippen molar-refractivity contribution in [1.29, 1.82) is 0 Å². The number of hydrogen-bond donors (Lipinski definition) is 1. The SMILES string of the molecule is CC1CC(NC=O)C(=O)N1Cc1cnn(C)c1. The van der Waals surface area contributed by atoms with E-state index in [1.165, 1.54) is 0 Å². The minimum atomic E-state index is -0.376. The molecular weight excluding hydrogens is 220 g/mol. The topological polar surface area (TPSA) is 67.2 Å². The first-order chi connectivity index (χ1) is 8.11. The van der Waals surface area contributed by atoms with Crippen LogP contribution in [-0.2, 0) is 23.2 Å². The molecule has 0 saturated carbocycles. The Morgan fingerprint density at radius 3 is 3.00 bits per heavy atom. The van der Waals surface area contributed by atoms with E-state index in [1.54, 1.807) is 15.8 Å². The molecule has 6 heteroatoms. The van der Waals surface area contributed by atoms with E-state index >= 15 is 0 Å². The molecule has 0 spiro atoms. The van der Waals surface area contributed by atoms with Gasteiger partial charge >= 0.3 is 0 Å². The molecule has 1 aromatic rings. The summed E-state index contributed by atoms with van der Waals surface area (Å²) in [5.41, 5.74) is 0.999. The fraction of sp³-hybridized carbons (Fsp3) is 0.545. The van der Waals surface area contributed by atoms with Crippen molar-refractivity contribution in [2.75, 3.05) is 0 Å². The standard InChI is InChI=1S/C11H16N4O2/c1-8-3-10(12-7-16)11(17)15(8)6-9-4-13-14(2)5-9/h4-5,7-8,10H,3,6H2,1-2H3,(H,12,16). The van der Waals surface area contributed by atoms with Crippen LogP contribution in [-0.4, -0.2) is 39.1 Å². The highest BCUT2D eigenvalue weighted by atomic mass is 16.2. The van der Waals surface area contributed by atoms with Gasteiger partial charge in [-0.15, -0.1) is 0 Å². The van der Waals surface area contributed by atoms with E-state index in [1.807, 2.05) is 20.2 Å². The summed E-state index contributed by atoms with van der Waals surface area (Å²) in [5.74, 6) is -0.0200. The third kappa shape index (κ3) is 2.30. The Kier molecular flexibility index (Phi) is 3.12. The molecule has 0 bridgehead atoms. The molecule has 1 aliphatic heterocycles. The van der Waals surface area contributed by atoms with Crippen LogP contribution in [0.3, 0.4) is 0 Å². The van der Waals surface area contributed by atoms with Crippen LogP contribution in [0.1, 0.15) is 18.9 Å². The van der Waals surface area contributed by atoms with Crippen LogP contribution in [0.4, 0.5) is 0 Å². The second-order valence-electron chi connectivity index (χ2n) is 4.41. The summed E-state index contributed by atoms with van der Waals surface area (Å²) in [6.07, 6.45) is 4.89. The van der Waals surface area contributed by atoms with Gasteiger partial charge in [0.05, 0.1) is 6.20 Å². The molecule has 1 saturated heterocycles. The Morgan fingerprint density at radius 2 is 2.41 bits per heavy atom. The lowest BCUT2D eigenvalue weighted by Gasteiger charge is -2.20. The Balaban J connectivity index is 2.06. The van der Waals surface area contributed by atoms with Crippen molar-refractivity contribution in [1.82, 2.24) is 20.0 Å². The summed E-state index contributed by atoms with van der Waals surface area (Å²) >= 11 is 0. The van der Waals surface area contributed by atoms with E-state index in [0.29, 0.717) is 19.4 Å².